The van der Waals surface area contributed by atoms with E-state index in [1.54, 1.807) is 16.7 Å². The van der Waals surface area contributed by atoms with Crippen molar-refractivity contribution in [1.29, 1.82) is 0 Å². The smallest absolute Gasteiger partial charge is 0.245 e. The van der Waals surface area contributed by atoms with Gasteiger partial charge in [0.2, 0.25) is 11.8 Å². The first-order chi connectivity index (χ1) is 11.1. The van der Waals surface area contributed by atoms with Crippen LogP contribution in [0.1, 0.15) is 17.9 Å². The van der Waals surface area contributed by atoms with Crippen molar-refractivity contribution in [2.24, 2.45) is 0 Å². The van der Waals surface area contributed by atoms with E-state index in [9.17, 15) is 9.59 Å². The van der Waals surface area contributed by atoms with Gasteiger partial charge in [-0.05, 0) is 13.0 Å². The summed E-state index contributed by atoms with van der Waals surface area (Å²) in [7, 11) is 0. The fourth-order valence-corrected chi connectivity index (χ4v) is 4.54. The zero-order valence-electron chi connectivity index (χ0n) is 12.9. The minimum absolute atomic E-state index is 0.0194. The predicted octanol–water partition coefficient (Wildman–Crippen LogP) is 2.16. The molecule has 5 nitrogen and oxygen atoms in total. The van der Waals surface area contributed by atoms with Gasteiger partial charge < -0.3 is 14.5 Å². The summed E-state index contributed by atoms with van der Waals surface area (Å²) in [6.45, 7) is 4.06. The first-order valence-corrected chi connectivity index (χ1v) is 9.06. The van der Waals surface area contributed by atoms with E-state index < -0.39 is 6.04 Å². The molecule has 0 unspecified atom stereocenters. The van der Waals surface area contributed by atoms with Crippen LogP contribution < -0.4 is 0 Å². The average molecular weight is 355 g/mol. The molecule has 7 heteroatoms. The summed E-state index contributed by atoms with van der Waals surface area (Å²) in [5, 5.41) is 0.409. The quantitative estimate of drug-likeness (QED) is 0.834. The summed E-state index contributed by atoms with van der Waals surface area (Å²) >= 11 is 7.80. The number of hydrogen-bond donors (Lipinski definition) is 0. The van der Waals surface area contributed by atoms with Crippen molar-refractivity contribution < 1.29 is 14.3 Å². The maximum absolute atomic E-state index is 12.7. The van der Waals surface area contributed by atoms with Crippen LogP contribution in [0.5, 0.6) is 0 Å². The molecule has 2 fully saturated rings. The molecule has 1 aromatic carbocycles. The molecule has 1 aromatic rings. The Morgan fingerprint density at radius 2 is 2.04 bits per heavy atom. The molecule has 2 amide bonds. The number of carbonyl (C=O) groups excluding carboxylic acids is 2. The summed E-state index contributed by atoms with van der Waals surface area (Å²) in [4.78, 5) is 28.5. The van der Waals surface area contributed by atoms with Gasteiger partial charge in [-0.1, -0.05) is 29.8 Å². The SMILES string of the molecule is C[C@@H](C(=O)N1CCOCC1)N1C(=O)CS[C@H]1c1ccccc1Cl. The Labute approximate surface area is 144 Å². The highest BCUT2D eigenvalue weighted by molar-refractivity contribution is 8.00. The van der Waals surface area contributed by atoms with E-state index in [1.165, 1.54) is 11.8 Å². The first-order valence-electron chi connectivity index (χ1n) is 7.63. The molecule has 3 rings (SSSR count). The van der Waals surface area contributed by atoms with Crippen molar-refractivity contribution in [2.75, 3.05) is 32.1 Å². The van der Waals surface area contributed by atoms with E-state index in [2.05, 4.69) is 0 Å². The zero-order valence-corrected chi connectivity index (χ0v) is 14.5. The van der Waals surface area contributed by atoms with Crippen LogP contribution in [0.3, 0.4) is 0 Å². The third kappa shape index (κ3) is 3.34. The molecule has 2 saturated heterocycles. The van der Waals surface area contributed by atoms with Crippen molar-refractivity contribution in [3.05, 3.63) is 34.9 Å². The van der Waals surface area contributed by atoms with Crippen molar-refractivity contribution in [3.8, 4) is 0 Å². The molecule has 124 valence electrons. The van der Waals surface area contributed by atoms with E-state index >= 15 is 0 Å². The van der Waals surface area contributed by atoms with E-state index in [0.29, 0.717) is 37.1 Å². The van der Waals surface area contributed by atoms with Crippen LogP contribution in [0.4, 0.5) is 0 Å². The van der Waals surface area contributed by atoms with Gasteiger partial charge in [-0.3, -0.25) is 9.59 Å². The first kappa shape index (κ1) is 16.6. The molecule has 0 aromatic heterocycles. The van der Waals surface area contributed by atoms with E-state index in [1.807, 2.05) is 24.3 Å². The summed E-state index contributed by atoms with van der Waals surface area (Å²) in [6.07, 6.45) is 0. The maximum atomic E-state index is 12.7. The van der Waals surface area contributed by atoms with Crippen LogP contribution in [0.25, 0.3) is 0 Å². The topological polar surface area (TPSA) is 49.9 Å². The van der Waals surface area contributed by atoms with Gasteiger partial charge in [0.05, 0.1) is 19.0 Å². The van der Waals surface area contributed by atoms with Gasteiger partial charge in [0.1, 0.15) is 11.4 Å². The van der Waals surface area contributed by atoms with Gasteiger partial charge in [-0.2, -0.15) is 0 Å². The summed E-state index contributed by atoms with van der Waals surface area (Å²) in [5.41, 5.74) is 0.881. The number of halogens is 1. The van der Waals surface area contributed by atoms with Crippen molar-refractivity contribution in [1.82, 2.24) is 9.80 Å². The Balaban J connectivity index is 1.82. The van der Waals surface area contributed by atoms with Crippen molar-refractivity contribution in [2.45, 2.75) is 18.3 Å². The Bertz CT molecular complexity index is 607. The highest BCUT2D eigenvalue weighted by Gasteiger charge is 2.40. The third-order valence-corrected chi connectivity index (χ3v) is 5.73. The normalized spacial score (nSPS) is 23.2. The monoisotopic (exact) mass is 354 g/mol. The molecule has 0 N–H and O–H groups in total. The Hall–Kier alpha value is -1.24. The largest absolute Gasteiger partial charge is 0.378 e. The number of morpholine rings is 1. The fraction of sp³-hybridized carbons (Fsp3) is 0.500. The number of nitrogens with zero attached hydrogens (tertiary/aromatic N) is 2. The molecular formula is C16H19ClN2O3S. The number of hydrogen-bond acceptors (Lipinski definition) is 4. The minimum atomic E-state index is -0.503. The molecule has 0 aliphatic carbocycles. The number of amides is 2. The van der Waals surface area contributed by atoms with Gasteiger partial charge in [-0.15, -0.1) is 11.8 Å². The number of rotatable bonds is 3. The fourth-order valence-electron chi connectivity index (χ4n) is 2.94. The Morgan fingerprint density at radius 3 is 2.74 bits per heavy atom. The molecule has 0 saturated carbocycles. The number of ether oxygens (including phenoxy) is 1. The Kier molecular flexibility index (Phi) is 5.14. The molecule has 2 atom stereocenters. The zero-order chi connectivity index (χ0) is 16.4. The van der Waals surface area contributed by atoms with E-state index in [-0.39, 0.29) is 17.2 Å². The maximum Gasteiger partial charge on any atom is 0.245 e. The van der Waals surface area contributed by atoms with Crippen LogP contribution in [-0.2, 0) is 14.3 Å². The third-order valence-electron chi connectivity index (χ3n) is 4.17. The van der Waals surface area contributed by atoms with Crippen molar-refractivity contribution in [3.63, 3.8) is 0 Å². The number of thioether (sulfide) groups is 1. The number of benzene rings is 1. The lowest BCUT2D eigenvalue weighted by Gasteiger charge is -2.35. The lowest BCUT2D eigenvalue weighted by Crippen LogP contribution is -2.51. The lowest BCUT2D eigenvalue weighted by atomic mass is 10.1. The molecule has 0 radical (unpaired) electrons. The van der Waals surface area contributed by atoms with Gasteiger partial charge in [-0.25, -0.2) is 0 Å². The van der Waals surface area contributed by atoms with Crippen LogP contribution in [0, 0.1) is 0 Å². The van der Waals surface area contributed by atoms with Crippen LogP contribution in [0.2, 0.25) is 5.02 Å². The standard InChI is InChI=1S/C16H19ClN2O3S/c1-11(15(21)18-6-8-22-9-7-18)19-14(20)10-23-16(19)12-4-2-3-5-13(12)17/h2-5,11,16H,6-10H2,1H3/t11-,16-/m0/s1. The van der Waals surface area contributed by atoms with E-state index in [0.717, 1.165) is 5.56 Å². The highest BCUT2D eigenvalue weighted by atomic mass is 35.5. The summed E-state index contributed by atoms with van der Waals surface area (Å²) in [6, 6.07) is 6.98. The summed E-state index contributed by atoms with van der Waals surface area (Å²) < 4.78 is 5.29. The van der Waals surface area contributed by atoms with Crippen LogP contribution >= 0.6 is 23.4 Å². The molecule has 2 heterocycles. The van der Waals surface area contributed by atoms with Crippen molar-refractivity contribution >= 4 is 35.2 Å². The molecule has 0 spiro atoms. The number of carbonyl (C=O) groups is 2. The summed E-state index contributed by atoms with van der Waals surface area (Å²) in [5.74, 6) is 0.326. The molecule has 23 heavy (non-hydrogen) atoms. The lowest BCUT2D eigenvalue weighted by molar-refractivity contribution is -0.146. The Morgan fingerprint density at radius 1 is 1.35 bits per heavy atom. The molecule has 0 bridgehead atoms. The molecule has 2 aliphatic heterocycles. The molecule has 2 aliphatic rings. The van der Waals surface area contributed by atoms with E-state index in [4.69, 9.17) is 16.3 Å². The minimum Gasteiger partial charge on any atom is -0.378 e. The second kappa shape index (κ2) is 7.11. The molecular weight excluding hydrogens is 336 g/mol. The predicted molar refractivity (Wildman–Crippen MR) is 90.4 cm³/mol. The van der Waals surface area contributed by atoms with Gasteiger partial charge >= 0.3 is 0 Å². The highest BCUT2D eigenvalue weighted by Crippen LogP contribution is 2.42. The second-order valence-electron chi connectivity index (χ2n) is 5.60. The van der Waals surface area contributed by atoms with Crippen LogP contribution in [-0.4, -0.2) is 59.7 Å². The second-order valence-corrected chi connectivity index (χ2v) is 7.08. The van der Waals surface area contributed by atoms with Gasteiger partial charge in [0, 0.05) is 23.7 Å². The van der Waals surface area contributed by atoms with Gasteiger partial charge in [0.25, 0.3) is 0 Å². The van der Waals surface area contributed by atoms with Gasteiger partial charge in [0.15, 0.2) is 0 Å². The average Bonchev–Trinajstić information content (AvgIpc) is 2.96. The van der Waals surface area contributed by atoms with Crippen LogP contribution in [0.15, 0.2) is 24.3 Å².